The van der Waals surface area contributed by atoms with Crippen molar-refractivity contribution in [2.75, 3.05) is 26.3 Å². The van der Waals surface area contributed by atoms with E-state index in [9.17, 15) is 0 Å². The third-order valence-electron chi connectivity index (χ3n) is 2.96. The molecule has 0 amide bonds. The highest BCUT2D eigenvalue weighted by Gasteiger charge is 2.18. The molecule has 1 atom stereocenters. The summed E-state index contributed by atoms with van der Waals surface area (Å²) in [7, 11) is 0. The normalized spacial score (nSPS) is 20.1. The summed E-state index contributed by atoms with van der Waals surface area (Å²) in [6.45, 7) is 7.99. The Kier molecular flexibility index (Phi) is 3.34. The van der Waals surface area contributed by atoms with Gasteiger partial charge in [0.1, 0.15) is 0 Å². The molecule has 0 radical (unpaired) electrons. The summed E-state index contributed by atoms with van der Waals surface area (Å²) in [6, 6.07) is 4.64. The fraction of sp³-hybridized carbons (Fsp3) is 0.583. The van der Waals surface area contributed by atoms with E-state index in [1.54, 1.807) is 0 Å². The maximum Gasteiger partial charge on any atom is 0.0594 e. The topological polar surface area (TPSA) is 25.4 Å². The number of aryl methyl sites for hydroxylation is 1. The second-order valence-electron chi connectivity index (χ2n) is 4.08. The van der Waals surface area contributed by atoms with Gasteiger partial charge in [-0.15, -0.1) is 0 Å². The second-order valence-corrected chi connectivity index (χ2v) is 4.08. The lowest BCUT2D eigenvalue weighted by Crippen LogP contribution is -2.38. The smallest absolute Gasteiger partial charge is 0.0594 e. The van der Waals surface area contributed by atoms with Crippen LogP contribution in [0.3, 0.4) is 0 Å². The van der Waals surface area contributed by atoms with Crippen molar-refractivity contribution in [3.8, 4) is 0 Å². The largest absolute Gasteiger partial charge is 0.379 e. The molecule has 1 aromatic heterocycles. The summed E-state index contributed by atoms with van der Waals surface area (Å²) >= 11 is 0. The van der Waals surface area contributed by atoms with Crippen LogP contribution in [-0.2, 0) is 4.74 Å². The standard InChI is InChI=1S/C12H18N2O/c1-10-3-4-12(13-9-10)11(2)14-5-7-15-8-6-14/h3-4,9,11H,5-8H2,1-2H3. The van der Waals surface area contributed by atoms with Crippen molar-refractivity contribution >= 4 is 0 Å². The Morgan fingerprint density at radius 2 is 2.07 bits per heavy atom. The number of rotatable bonds is 2. The predicted molar refractivity (Wildman–Crippen MR) is 59.8 cm³/mol. The second kappa shape index (κ2) is 4.73. The lowest BCUT2D eigenvalue weighted by molar-refractivity contribution is 0.0190. The maximum absolute atomic E-state index is 5.34. The Bertz CT molecular complexity index is 304. The minimum absolute atomic E-state index is 0.398. The van der Waals surface area contributed by atoms with E-state index < -0.39 is 0 Å². The van der Waals surface area contributed by atoms with Crippen LogP contribution in [0.2, 0.25) is 0 Å². The van der Waals surface area contributed by atoms with Crippen molar-refractivity contribution in [3.05, 3.63) is 29.6 Å². The molecule has 15 heavy (non-hydrogen) atoms. The van der Waals surface area contributed by atoms with Gasteiger partial charge in [-0.1, -0.05) is 6.07 Å². The zero-order valence-electron chi connectivity index (χ0n) is 9.44. The Morgan fingerprint density at radius 3 is 2.67 bits per heavy atom. The molecule has 0 N–H and O–H groups in total. The monoisotopic (exact) mass is 206 g/mol. The predicted octanol–water partition coefficient (Wildman–Crippen LogP) is 1.78. The summed E-state index contributed by atoms with van der Waals surface area (Å²) in [5.41, 5.74) is 2.37. The maximum atomic E-state index is 5.34. The lowest BCUT2D eigenvalue weighted by Gasteiger charge is -2.31. The van der Waals surface area contributed by atoms with Crippen LogP contribution in [0.15, 0.2) is 18.3 Å². The Labute approximate surface area is 91.1 Å². The van der Waals surface area contributed by atoms with E-state index in [-0.39, 0.29) is 0 Å². The number of nitrogens with zero attached hydrogens (tertiary/aromatic N) is 2. The van der Waals surface area contributed by atoms with E-state index in [4.69, 9.17) is 4.74 Å². The Balaban J connectivity index is 2.05. The molecule has 0 bridgehead atoms. The van der Waals surface area contributed by atoms with Gasteiger partial charge in [0.15, 0.2) is 0 Å². The zero-order chi connectivity index (χ0) is 10.7. The molecule has 1 aliphatic rings. The summed E-state index contributed by atoms with van der Waals surface area (Å²) in [6.07, 6.45) is 1.94. The molecule has 2 rings (SSSR count). The van der Waals surface area contributed by atoms with E-state index in [0.29, 0.717) is 6.04 Å². The van der Waals surface area contributed by atoms with Crippen molar-refractivity contribution in [2.45, 2.75) is 19.9 Å². The van der Waals surface area contributed by atoms with Gasteiger partial charge in [-0.3, -0.25) is 9.88 Å². The van der Waals surface area contributed by atoms with Crippen LogP contribution in [0, 0.1) is 6.92 Å². The first-order valence-electron chi connectivity index (χ1n) is 5.52. The van der Waals surface area contributed by atoms with Gasteiger partial charge in [0.25, 0.3) is 0 Å². The quantitative estimate of drug-likeness (QED) is 0.737. The van der Waals surface area contributed by atoms with Crippen molar-refractivity contribution in [1.82, 2.24) is 9.88 Å². The molecule has 82 valence electrons. The minimum Gasteiger partial charge on any atom is -0.379 e. The summed E-state index contributed by atoms with van der Waals surface area (Å²) in [4.78, 5) is 6.89. The molecular weight excluding hydrogens is 188 g/mol. The van der Waals surface area contributed by atoms with E-state index in [2.05, 4.69) is 35.9 Å². The van der Waals surface area contributed by atoms with E-state index >= 15 is 0 Å². The highest BCUT2D eigenvalue weighted by Crippen LogP contribution is 2.18. The molecule has 3 heteroatoms. The number of aromatic nitrogens is 1. The van der Waals surface area contributed by atoms with Crippen LogP contribution in [0.4, 0.5) is 0 Å². The van der Waals surface area contributed by atoms with Crippen molar-refractivity contribution in [3.63, 3.8) is 0 Å². The van der Waals surface area contributed by atoms with Crippen LogP contribution < -0.4 is 0 Å². The highest BCUT2D eigenvalue weighted by atomic mass is 16.5. The third kappa shape index (κ3) is 2.55. The van der Waals surface area contributed by atoms with Gasteiger partial charge in [0.05, 0.1) is 18.9 Å². The number of morpholine rings is 1. The van der Waals surface area contributed by atoms with Crippen molar-refractivity contribution in [1.29, 1.82) is 0 Å². The SMILES string of the molecule is Cc1ccc(C(C)N2CCOCC2)nc1. The molecule has 0 aliphatic carbocycles. The van der Waals surface area contributed by atoms with E-state index in [1.807, 2.05) is 6.20 Å². The highest BCUT2D eigenvalue weighted by molar-refractivity contribution is 5.14. The van der Waals surface area contributed by atoms with Crippen molar-refractivity contribution < 1.29 is 4.74 Å². The third-order valence-corrected chi connectivity index (χ3v) is 2.96. The summed E-state index contributed by atoms with van der Waals surface area (Å²) in [5, 5.41) is 0. The summed E-state index contributed by atoms with van der Waals surface area (Å²) < 4.78 is 5.34. The first-order chi connectivity index (χ1) is 7.27. The molecule has 1 unspecified atom stereocenters. The van der Waals surface area contributed by atoms with Crippen LogP contribution in [-0.4, -0.2) is 36.2 Å². The van der Waals surface area contributed by atoms with Gasteiger partial charge in [-0.05, 0) is 25.5 Å². The number of pyridine rings is 1. The number of hydrogen-bond donors (Lipinski definition) is 0. The molecule has 1 aliphatic heterocycles. The molecule has 1 saturated heterocycles. The van der Waals surface area contributed by atoms with Crippen LogP contribution >= 0.6 is 0 Å². The molecule has 0 aromatic carbocycles. The van der Waals surface area contributed by atoms with Crippen LogP contribution in [0.5, 0.6) is 0 Å². The minimum atomic E-state index is 0.398. The number of ether oxygens (including phenoxy) is 1. The average Bonchev–Trinajstić information content (AvgIpc) is 2.30. The van der Waals surface area contributed by atoms with Gasteiger partial charge >= 0.3 is 0 Å². The van der Waals surface area contributed by atoms with Gasteiger partial charge in [0, 0.05) is 25.3 Å². The van der Waals surface area contributed by atoms with Gasteiger partial charge in [0.2, 0.25) is 0 Å². The Hall–Kier alpha value is -0.930. The van der Waals surface area contributed by atoms with E-state index in [0.717, 1.165) is 32.0 Å². The fourth-order valence-corrected chi connectivity index (χ4v) is 1.88. The van der Waals surface area contributed by atoms with Gasteiger partial charge < -0.3 is 4.74 Å². The molecule has 0 saturated carbocycles. The van der Waals surface area contributed by atoms with Crippen LogP contribution in [0.25, 0.3) is 0 Å². The van der Waals surface area contributed by atoms with E-state index in [1.165, 1.54) is 5.56 Å². The van der Waals surface area contributed by atoms with Gasteiger partial charge in [-0.25, -0.2) is 0 Å². The zero-order valence-corrected chi connectivity index (χ0v) is 9.44. The molecule has 3 nitrogen and oxygen atoms in total. The van der Waals surface area contributed by atoms with Crippen LogP contribution in [0.1, 0.15) is 24.2 Å². The molecule has 2 heterocycles. The number of hydrogen-bond acceptors (Lipinski definition) is 3. The van der Waals surface area contributed by atoms with Gasteiger partial charge in [-0.2, -0.15) is 0 Å². The summed E-state index contributed by atoms with van der Waals surface area (Å²) in [5.74, 6) is 0. The molecule has 1 aromatic rings. The lowest BCUT2D eigenvalue weighted by atomic mass is 10.1. The average molecular weight is 206 g/mol. The fourth-order valence-electron chi connectivity index (χ4n) is 1.88. The molecular formula is C12H18N2O. The Morgan fingerprint density at radius 1 is 1.33 bits per heavy atom. The molecule has 0 spiro atoms. The first kappa shape index (κ1) is 10.6. The first-order valence-corrected chi connectivity index (χ1v) is 5.52. The van der Waals surface area contributed by atoms with Crippen molar-refractivity contribution in [2.24, 2.45) is 0 Å². The molecule has 1 fully saturated rings.